The molecule has 5 heteroatoms. The monoisotopic (exact) mass is 370 g/mol. The summed E-state index contributed by atoms with van der Waals surface area (Å²) >= 11 is 0. The maximum atomic E-state index is 12.3. The van der Waals surface area contributed by atoms with E-state index in [1.807, 2.05) is 48.5 Å². The molecule has 0 aromatic heterocycles. The predicted octanol–water partition coefficient (Wildman–Crippen LogP) is 3.76. The minimum Gasteiger partial charge on any atom is -0.299 e. The number of hydrogen-bond donors (Lipinski definition) is 1. The van der Waals surface area contributed by atoms with Crippen LogP contribution in [0, 0.1) is 0 Å². The van der Waals surface area contributed by atoms with Crippen molar-refractivity contribution in [3.8, 4) is 0 Å². The Morgan fingerprint density at radius 2 is 1.54 bits per heavy atom. The highest BCUT2D eigenvalue weighted by Crippen LogP contribution is 2.16. The van der Waals surface area contributed by atoms with E-state index in [9.17, 15) is 8.42 Å². The van der Waals surface area contributed by atoms with Crippen LogP contribution in [0.4, 0.5) is 0 Å². The molecule has 1 aliphatic rings. The van der Waals surface area contributed by atoms with Crippen molar-refractivity contribution in [2.24, 2.45) is 0 Å². The van der Waals surface area contributed by atoms with Crippen LogP contribution in [0.5, 0.6) is 0 Å². The van der Waals surface area contributed by atoms with Crippen molar-refractivity contribution < 1.29 is 8.42 Å². The van der Waals surface area contributed by atoms with Gasteiger partial charge in [-0.15, -0.1) is 0 Å². The first-order valence-electron chi connectivity index (χ1n) is 9.14. The van der Waals surface area contributed by atoms with Gasteiger partial charge in [0.1, 0.15) is 0 Å². The average Bonchev–Trinajstić information content (AvgIpc) is 2.68. The van der Waals surface area contributed by atoms with Crippen LogP contribution >= 0.6 is 0 Å². The fourth-order valence-corrected chi connectivity index (χ4v) is 3.99. The number of nitrogens with one attached hydrogen (secondary N) is 1. The summed E-state index contributed by atoms with van der Waals surface area (Å²) in [6.07, 6.45) is 5.42. The molecule has 138 valence electrons. The van der Waals surface area contributed by atoms with Crippen LogP contribution in [0.1, 0.15) is 36.0 Å². The van der Waals surface area contributed by atoms with E-state index in [2.05, 4.69) is 15.7 Å². The van der Waals surface area contributed by atoms with Gasteiger partial charge in [0.2, 0.25) is 10.0 Å². The van der Waals surface area contributed by atoms with Gasteiger partial charge < -0.3 is 0 Å². The molecule has 1 heterocycles. The van der Waals surface area contributed by atoms with Crippen LogP contribution in [-0.2, 0) is 23.1 Å². The molecule has 1 aliphatic heterocycles. The molecule has 0 atom stereocenters. The van der Waals surface area contributed by atoms with E-state index in [-0.39, 0.29) is 0 Å². The van der Waals surface area contributed by atoms with Gasteiger partial charge in [0.15, 0.2) is 0 Å². The molecule has 0 radical (unpaired) electrons. The summed E-state index contributed by atoms with van der Waals surface area (Å²) < 4.78 is 27.2. The maximum Gasteiger partial charge on any atom is 0.234 e. The second-order valence-corrected chi connectivity index (χ2v) is 8.34. The van der Waals surface area contributed by atoms with Gasteiger partial charge >= 0.3 is 0 Å². The molecule has 1 saturated heterocycles. The van der Waals surface area contributed by atoms with Crippen molar-refractivity contribution in [2.75, 3.05) is 13.1 Å². The Labute approximate surface area is 156 Å². The summed E-state index contributed by atoms with van der Waals surface area (Å²) in [5, 5.41) is 1.23. The van der Waals surface area contributed by atoms with Gasteiger partial charge in [-0.25, -0.2) is 13.1 Å². The van der Waals surface area contributed by atoms with Crippen molar-refractivity contribution in [1.29, 1.82) is 0 Å². The molecule has 0 saturated carbocycles. The number of likely N-dealkylation sites (tertiary alicyclic amines) is 1. The van der Waals surface area contributed by atoms with E-state index in [4.69, 9.17) is 0 Å². The Balaban J connectivity index is 1.62. The van der Waals surface area contributed by atoms with Crippen LogP contribution in [0.15, 0.2) is 60.0 Å². The molecule has 1 N–H and O–H groups in total. The van der Waals surface area contributed by atoms with Crippen molar-refractivity contribution >= 4 is 16.1 Å². The Hall–Kier alpha value is -1.95. The van der Waals surface area contributed by atoms with Gasteiger partial charge in [-0.2, -0.15) is 0 Å². The molecule has 0 spiro atoms. The van der Waals surface area contributed by atoms with Gasteiger partial charge in [-0.05, 0) is 48.7 Å². The lowest BCUT2D eigenvalue weighted by Gasteiger charge is -2.27. The second kappa shape index (κ2) is 9.12. The Morgan fingerprint density at radius 1 is 0.885 bits per heavy atom. The lowest BCUT2D eigenvalue weighted by Crippen LogP contribution is -2.30. The minimum atomic E-state index is -3.47. The molecule has 1 fully saturated rings. The molecule has 3 rings (SSSR count). The number of hydrogen-bond acceptors (Lipinski definition) is 3. The Morgan fingerprint density at radius 3 is 2.27 bits per heavy atom. The van der Waals surface area contributed by atoms with E-state index in [0.29, 0.717) is 6.54 Å². The molecule has 0 unspecified atom stereocenters. The van der Waals surface area contributed by atoms with Crippen LogP contribution in [-0.4, -0.2) is 26.4 Å². The standard InChI is InChI=1S/C21H26N2O2S/c24-26(25,16-13-19-9-3-1-4-10-19)22-17-20-11-5-6-12-21(20)18-23-14-7-2-8-15-23/h1,3-6,9-13,16,22H,2,7-8,14-15,17-18H2/b16-13+. The summed E-state index contributed by atoms with van der Waals surface area (Å²) in [5.41, 5.74) is 3.10. The lowest BCUT2D eigenvalue weighted by molar-refractivity contribution is 0.220. The third-order valence-electron chi connectivity index (χ3n) is 4.66. The molecular formula is C21H26N2O2S. The molecule has 2 aromatic carbocycles. The SMILES string of the molecule is O=S(=O)(/C=C/c1ccccc1)NCc1ccccc1CN1CCCCC1. The minimum absolute atomic E-state index is 0.311. The maximum absolute atomic E-state index is 12.3. The van der Waals surface area contributed by atoms with Crippen LogP contribution < -0.4 is 4.72 Å². The van der Waals surface area contributed by atoms with Gasteiger partial charge in [0, 0.05) is 18.5 Å². The highest BCUT2D eigenvalue weighted by Gasteiger charge is 2.13. The Kier molecular flexibility index (Phi) is 6.61. The number of rotatable bonds is 7. The first kappa shape index (κ1) is 18.8. The summed E-state index contributed by atoms with van der Waals surface area (Å²) in [6.45, 7) is 3.45. The van der Waals surface area contributed by atoms with Crippen molar-refractivity contribution in [3.05, 3.63) is 76.7 Å². The molecule has 4 nitrogen and oxygen atoms in total. The smallest absolute Gasteiger partial charge is 0.234 e. The predicted molar refractivity (Wildman–Crippen MR) is 107 cm³/mol. The van der Waals surface area contributed by atoms with Crippen LogP contribution in [0.2, 0.25) is 0 Å². The number of benzene rings is 2. The second-order valence-electron chi connectivity index (χ2n) is 6.69. The third kappa shape index (κ3) is 5.80. The normalized spacial score (nSPS) is 16.2. The quantitative estimate of drug-likeness (QED) is 0.807. The lowest BCUT2D eigenvalue weighted by atomic mass is 10.1. The molecule has 26 heavy (non-hydrogen) atoms. The van der Waals surface area contributed by atoms with Crippen molar-refractivity contribution in [1.82, 2.24) is 9.62 Å². The first-order chi connectivity index (χ1) is 12.6. The van der Waals surface area contributed by atoms with E-state index in [0.717, 1.165) is 30.8 Å². The zero-order valence-corrected chi connectivity index (χ0v) is 15.8. The largest absolute Gasteiger partial charge is 0.299 e. The fraction of sp³-hybridized carbons (Fsp3) is 0.333. The van der Waals surface area contributed by atoms with Gasteiger partial charge in [0.25, 0.3) is 0 Å². The van der Waals surface area contributed by atoms with Crippen LogP contribution in [0.25, 0.3) is 6.08 Å². The highest BCUT2D eigenvalue weighted by atomic mass is 32.2. The molecule has 0 aliphatic carbocycles. The van der Waals surface area contributed by atoms with E-state index in [1.54, 1.807) is 6.08 Å². The molecule has 0 bridgehead atoms. The molecule has 2 aromatic rings. The van der Waals surface area contributed by atoms with E-state index in [1.165, 1.54) is 30.2 Å². The van der Waals surface area contributed by atoms with E-state index < -0.39 is 10.0 Å². The topological polar surface area (TPSA) is 49.4 Å². The summed E-state index contributed by atoms with van der Waals surface area (Å²) in [7, 11) is -3.47. The van der Waals surface area contributed by atoms with Gasteiger partial charge in [-0.3, -0.25) is 4.90 Å². The zero-order chi connectivity index (χ0) is 18.2. The number of nitrogens with zero attached hydrogens (tertiary/aromatic N) is 1. The molecular weight excluding hydrogens is 344 g/mol. The summed E-state index contributed by atoms with van der Waals surface area (Å²) in [4.78, 5) is 2.45. The highest BCUT2D eigenvalue weighted by molar-refractivity contribution is 7.92. The van der Waals surface area contributed by atoms with Gasteiger partial charge in [0.05, 0.1) is 0 Å². The van der Waals surface area contributed by atoms with Gasteiger partial charge in [-0.1, -0.05) is 61.0 Å². The van der Waals surface area contributed by atoms with Crippen LogP contribution in [0.3, 0.4) is 0 Å². The van der Waals surface area contributed by atoms with Crippen molar-refractivity contribution in [3.63, 3.8) is 0 Å². The zero-order valence-electron chi connectivity index (χ0n) is 15.0. The fourth-order valence-electron chi connectivity index (χ4n) is 3.20. The Bertz CT molecular complexity index is 826. The third-order valence-corrected chi connectivity index (χ3v) is 5.71. The average molecular weight is 371 g/mol. The first-order valence-corrected chi connectivity index (χ1v) is 10.7. The summed E-state index contributed by atoms with van der Waals surface area (Å²) in [5.74, 6) is 0. The number of sulfonamides is 1. The van der Waals surface area contributed by atoms with E-state index >= 15 is 0 Å². The summed E-state index contributed by atoms with van der Waals surface area (Å²) in [6, 6.07) is 17.5. The number of piperidine rings is 1. The molecule has 0 amide bonds. The van der Waals surface area contributed by atoms with Crippen molar-refractivity contribution in [2.45, 2.75) is 32.4 Å².